The third-order valence-electron chi connectivity index (χ3n) is 4.95. The van der Waals surface area contributed by atoms with Crippen LogP contribution in [0.2, 0.25) is 0 Å². The van der Waals surface area contributed by atoms with Crippen LogP contribution >= 0.6 is 12.2 Å². The predicted molar refractivity (Wildman–Crippen MR) is 82.5 cm³/mol. The van der Waals surface area contributed by atoms with Gasteiger partial charge in [0.15, 0.2) is 0 Å². The van der Waals surface area contributed by atoms with Crippen molar-refractivity contribution in [2.45, 2.75) is 43.9 Å². The normalized spacial score (nSPS) is 19.4. The Hall–Kier alpha value is -1.48. The number of hydrogen-bond acceptors (Lipinski definition) is 2. The van der Waals surface area contributed by atoms with Gasteiger partial charge in [-0.1, -0.05) is 49.0 Å². The van der Waals surface area contributed by atoms with E-state index in [2.05, 4.69) is 35.3 Å². The molecular weight excluding hydrogens is 264 g/mol. The Labute approximate surface area is 124 Å². The Bertz CT molecular complexity index is 699. The van der Waals surface area contributed by atoms with Crippen LogP contribution in [-0.2, 0) is 18.3 Å². The van der Waals surface area contributed by atoms with E-state index in [1.165, 1.54) is 42.5 Å². The summed E-state index contributed by atoms with van der Waals surface area (Å²) < 4.78 is 0.827. The summed E-state index contributed by atoms with van der Waals surface area (Å²) in [5, 5.41) is 0. The zero-order chi connectivity index (χ0) is 13.6. The number of aromatic amines is 1. The zero-order valence-electron chi connectivity index (χ0n) is 11.5. The van der Waals surface area contributed by atoms with Gasteiger partial charge < -0.3 is 4.98 Å². The van der Waals surface area contributed by atoms with Crippen LogP contribution in [0.25, 0.3) is 0 Å². The van der Waals surface area contributed by atoms with Gasteiger partial charge in [-0.15, -0.1) is 0 Å². The molecule has 1 N–H and O–H groups in total. The van der Waals surface area contributed by atoms with Crippen molar-refractivity contribution in [3.05, 3.63) is 57.6 Å². The number of benzene rings is 1. The minimum atomic E-state index is 0.0758. The maximum absolute atomic E-state index is 5.53. The molecule has 1 aromatic carbocycles. The van der Waals surface area contributed by atoms with Gasteiger partial charge in [0.05, 0.1) is 5.41 Å². The van der Waals surface area contributed by atoms with Gasteiger partial charge in [0.1, 0.15) is 10.5 Å². The second kappa shape index (κ2) is 4.52. The number of H-pyrrole nitrogens is 1. The van der Waals surface area contributed by atoms with Crippen molar-refractivity contribution in [1.29, 1.82) is 0 Å². The molecule has 0 aliphatic heterocycles. The van der Waals surface area contributed by atoms with E-state index in [1.54, 1.807) is 0 Å². The van der Waals surface area contributed by atoms with Crippen molar-refractivity contribution in [2.75, 3.05) is 0 Å². The van der Waals surface area contributed by atoms with Gasteiger partial charge in [-0.25, -0.2) is 4.98 Å². The Balaban J connectivity index is 1.87. The van der Waals surface area contributed by atoms with Crippen LogP contribution in [0.15, 0.2) is 30.3 Å². The van der Waals surface area contributed by atoms with Crippen molar-refractivity contribution in [1.82, 2.24) is 9.97 Å². The van der Waals surface area contributed by atoms with E-state index in [1.807, 2.05) is 0 Å². The average molecular weight is 282 g/mol. The highest BCUT2D eigenvalue weighted by Gasteiger charge is 2.42. The van der Waals surface area contributed by atoms with Crippen molar-refractivity contribution in [3.8, 4) is 0 Å². The van der Waals surface area contributed by atoms with Gasteiger partial charge in [0.25, 0.3) is 0 Å². The van der Waals surface area contributed by atoms with E-state index in [4.69, 9.17) is 17.2 Å². The molecule has 2 aromatic rings. The first-order chi connectivity index (χ1) is 9.79. The predicted octanol–water partition coefficient (Wildman–Crippen LogP) is 4.10. The van der Waals surface area contributed by atoms with Crippen molar-refractivity contribution in [3.63, 3.8) is 0 Å². The standard InChI is InChI=1S/C17H18N2S/c20-15-13-8-4-9-14(13)18-16(19-15)17(10-5-11-17)12-6-2-1-3-7-12/h1-3,6-7H,4-5,8-11H2,(H,18,19,20). The summed E-state index contributed by atoms with van der Waals surface area (Å²) in [6.07, 6.45) is 7.05. The van der Waals surface area contributed by atoms with Gasteiger partial charge in [0, 0.05) is 11.3 Å². The second-order valence-electron chi connectivity index (χ2n) is 6.00. The van der Waals surface area contributed by atoms with Crippen molar-refractivity contribution in [2.24, 2.45) is 0 Å². The van der Waals surface area contributed by atoms with Crippen LogP contribution in [0.4, 0.5) is 0 Å². The van der Waals surface area contributed by atoms with Crippen LogP contribution in [0, 0.1) is 4.64 Å². The van der Waals surface area contributed by atoms with Crippen LogP contribution in [0.5, 0.6) is 0 Å². The molecule has 1 fully saturated rings. The zero-order valence-corrected chi connectivity index (χ0v) is 12.3. The van der Waals surface area contributed by atoms with Crippen LogP contribution in [-0.4, -0.2) is 9.97 Å². The first-order valence-corrected chi connectivity index (χ1v) is 7.88. The molecule has 3 heteroatoms. The average Bonchev–Trinajstić information content (AvgIpc) is 2.88. The fourth-order valence-corrected chi connectivity index (χ4v) is 3.95. The Morgan fingerprint density at radius 3 is 2.55 bits per heavy atom. The quantitative estimate of drug-likeness (QED) is 0.840. The molecule has 2 aliphatic rings. The Morgan fingerprint density at radius 1 is 1.05 bits per heavy atom. The number of aromatic nitrogens is 2. The Kier molecular flexibility index (Phi) is 2.77. The van der Waals surface area contributed by atoms with Gasteiger partial charge in [-0.2, -0.15) is 0 Å². The lowest BCUT2D eigenvalue weighted by Crippen LogP contribution is -2.37. The molecule has 4 rings (SSSR count). The molecule has 0 radical (unpaired) electrons. The highest BCUT2D eigenvalue weighted by molar-refractivity contribution is 7.71. The van der Waals surface area contributed by atoms with Gasteiger partial charge in [-0.05, 0) is 37.7 Å². The third kappa shape index (κ3) is 1.69. The number of aryl methyl sites for hydroxylation is 1. The second-order valence-corrected chi connectivity index (χ2v) is 6.39. The third-order valence-corrected chi connectivity index (χ3v) is 5.28. The molecule has 2 aliphatic carbocycles. The molecule has 0 saturated heterocycles. The summed E-state index contributed by atoms with van der Waals surface area (Å²) in [5.41, 5.74) is 4.07. The summed E-state index contributed by atoms with van der Waals surface area (Å²) in [7, 11) is 0. The van der Waals surface area contributed by atoms with E-state index in [0.29, 0.717) is 0 Å². The first kappa shape index (κ1) is 12.3. The first-order valence-electron chi connectivity index (χ1n) is 7.48. The van der Waals surface area contributed by atoms with Crippen LogP contribution < -0.4 is 0 Å². The number of fused-ring (bicyclic) bond motifs is 1. The summed E-state index contributed by atoms with van der Waals surface area (Å²) in [6.45, 7) is 0. The van der Waals surface area contributed by atoms with E-state index < -0.39 is 0 Å². The smallest absolute Gasteiger partial charge is 0.133 e. The molecule has 102 valence electrons. The van der Waals surface area contributed by atoms with Crippen molar-refractivity contribution >= 4 is 12.2 Å². The summed E-state index contributed by atoms with van der Waals surface area (Å²) in [4.78, 5) is 8.40. The molecule has 0 atom stereocenters. The fourth-order valence-electron chi connectivity index (χ4n) is 3.63. The molecule has 0 unspecified atom stereocenters. The number of rotatable bonds is 2. The highest BCUT2D eigenvalue weighted by Crippen LogP contribution is 2.47. The molecule has 1 saturated carbocycles. The lowest BCUT2D eigenvalue weighted by molar-refractivity contribution is 0.284. The fraction of sp³-hybridized carbons (Fsp3) is 0.412. The molecule has 1 aromatic heterocycles. The van der Waals surface area contributed by atoms with Crippen LogP contribution in [0.3, 0.4) is 0 Å². The largest absolute Gasteiger partial charge is 0.346 e. The lowest BCUT2D eigenvalue weighted by Gasteiger charge is -2.41. The molecule has 1 heterocycles. The van der Waals surface area contributed by atoms with E-state index in [9.17, 15) is 0 Å². The molecule has 0 bridgehead atoms. The van der Waals surface area contributed by atoms with Crippen LogP contribution in [0.1, 0.15) is 48.3 Å². The van der Waals surface area contributed by atoms with E-state index in [-0.39, 0.29) is 5.41 Å². The summed E-state index contributed by atoms with van der Waals surface area (Å²) in [5.74, 6) is 1.10. The van der Waals surface area contributed by atoms with Gasteiger partial charge in [-0.3, -0.25) is 0 Å². The minimum Gasteiger partial charge on any atom is -0.346 e. The highest BCUT2D eigenvalue weighted by atomic mass is 32.1. The Morgan fingerprint density at radius 2 is 1.85 bits per heavy atom. The van der Waals surface area contributed by atoms with Gasteiger partial charge in [0.2, 0.25) is 0 Å². The minimum absolute atomic E-state index is 0.0758. The number of hydrogen-bond donors (Lipinski definition) is 1. The molecule has 0 spiro atoms. The molecule has 20 heavy (non-hydrogen) atoms. The van der Waals surface area contributed by atoms with E-state index >= 15 is 0 Å². The number of nitrogens with zero attached hydrogens (tertiary/aromatic N) is 1. The number of nitrogens with one attached hydrogen (secondary N) is 1. The summed E-state index contributed by atoms with van der Waals surface area (Å²) in [6, 6.07) is 10.8. The molecular formula is C17H18N2S. The molecule has 2 nitrogen and oxygen atoms in total. The summed E-state index contributed by atoms with van der Waals surface area (Å²) >= 11 is 5.53. The SMILES string of the molecule is S=c1nc(C2(c3ccccc3)CCC2)[nH]c2c1CCC2. The maximum Gasteiger partial charge on any atom is 0.133 e. The van der Waals surface area contributed by atoms with Gasteiger partial charge >= 0.3 is 0 Å². The monoisotopic (exact) mass is 282 g/mol. The topological polar surface area (TPSA) is 28.7 Å². The van der Waals surface area contributed by atoms with Crippen molar-refractivity contribution < 1.29 is 0 Å². The van der Waals surface area contributed by atoms with E-state index in [0.717, 1.165) is 23.3 Å². The molecule has 0 amide bonds. The lowest BCUT2D eigenvalue weighted by atomic mass is 9.64. The maximum atomic E-state index is 5.53.